The molecule has 0 unspecified atom stereocenters. The van der Waals surface area contributed by atoms with Gasteiger partial charge in [-0.1, -0.05) is 18.2 Å². The number of nitrogens with zero attached hydrogens (tertiary/aromatic N) is 1. The predicted molar refractivity (Wildman–Crippen MR) is 65.7 cm³/mol. The average molecular weight is 249 g/mol. The molecule has 96 valence electrons. The highest BCUT2D eigenvalue weighted by Gasteiger charge is 2.39. The highest BCUT2D eigenvalue weighted by Crippen LogP contribution is 2.29. The molecular weight excluding hydrogens is 234 g/mol. The molecule has 0 aromatic heterocycles. The standard InChI is InChI=1S/C12H15N3O3/c13-12(6-3-7-12)11(16)14-8-9-4-1-2-5-10(9)15(17)18/h1-2,4-5H,3,6-8,13H2,(H,14,16). The van der Waals surface area contributed by atoms with Gasteiger partial charge in [0.2, 0.25) is 5.91 Å². The maximum Gasteiger partial charge on any atom is 0.274 e. The summed E-state index contributed by atoms with van der Waals surface area (Å²) in [7, 11) is 0. The summed E-state index contributed by atoms with van der Waals surface area (Å²) in [6.45, 7) is 0.134. The van der Waals surface area contributed by atoms with Gasteiger partial charge in [0, 0.05) is 18.2 Å². The number of nitrogens with two attached hydrogens (primary N) is 1. The Labute approximate surface area is 104 Å². The molecule has 1 fully saturated rings. The molecule has 0 saturated heterocycles. The minimum absolute atomic E-state index is 0.0116. The van der Waals surface area contributed by atoms with E-state index in [-0.39, 0.29) is 18.1 Å². The van der Waals surface area contributed by atoms with Crippen LogP contribution in [-0.4, -0.2) is 16.4 Å². The van der Waals surface area contributed by atoms with Gasteiger partial charge in [0.15, 0.2) is 0 Å². The van der Waals surface area contributed by atoms with E-state index in [0.29, 0.717) is 18.4 Å². The van der Waals surface area contributed by atoms with E-state index in [1.807, 2.05) is 0 Å². The number of nitro groups is 1. The second-order valence-corrected chi connectivity index (χ2v) is 4.58. The molecule has 1 aromatic carbocycles. The van der Waals surface area contributed by atoms with Gasteiger partial charge < -0.3 is 11.1 Å². The SMILES string of the molecule is NC1(C(=O)NCc2ccccc2[N+](=O)[O-])CCC1. The molecule has 1 aliphatic carbocycles. The Bertz CT molecular complexity index is 483. The summed E-state index contributed by atoms with van der Waals surface area (Å²) in [5, 5.41) is 13.5. The largest absolute Gasteiger partial charge is 0.350 e. The first-order chi connectivity index (χ1) is 8.53. The zero-order chi connectivity index (χ0) is 13.2. The van der Waals surface area contributed by atoms with Gasteiger partial charge in [-0.05, 0) is 19.3 Å². The lowest BCUT2D eigenvalue weighted by atomic mass is 9.77. The van der Waals surface area contributed by atoms with E-state index in [2.05, 4.69) is 5.32 Å². The van der Waals surface area contributed by atoms with Gasteiger partial charge in [-0.3, -0.25) is 14.9 Å². The number of nitro benzene ring substituents is 1. The number of amides is 1. The molecule has 1 amide bonds. The molecule has 0 aliphatic heterocycles. The van der Waals surface area contributed by atoms with Crippen LogP contribution in [0.5, 0.6) is 0 Å². The van der Waals surface area contributed by atoms with Crippen molar-refractivity contribution in [3.05, 3.63) is 39.9 Å². The summed E-state index contributed by atoms with van der Waals surface area (Å²) in [5.74, 6) is -0.230. The van der Waals surface area contributed by atoms with Crippen LogP contribution in [0.15, 0.2) is 24.3 Å². The lowest BCUT2D eigenvalue weighted by Gasteiger charge is -2.36. The molecule has 6 nitrogen and oxygen atoms in total. The summed E-state index contributed by atoms with van der Waals surface area (Å²) in [6.07, 6.45) is 2.31. The molecule has 3 N–H and O–H groups in total. The normalized spacial score (nSPS) is 16.7. The van der Waals surface area contributed by atoms with Crippen molar-refractivity contribution in [3.8, 4) is 0 Å². The van der Waals surface area contributed by atoms with Crippen molar-refractivity contribution in [2.45, 2.75) is 31.3 Å². The van der Waals surface area contributed by atoms with Crippen LogP contribution in [-0.2, 0) is 11.3 Å². The Kier molecular flexibility index (Phi) is 3.29. The van der Waals surface area contributed by atoms with Crippen molar-refractivity contribution in [1.82, 2.24) is 5.32 Å². The first kappa shape index (κ1) is 12.5. The quantitative estimate of drug-likeness (QED) is 0.616. The topological polar surface area (TPSA) is 98.3 Å². The highest BCUT2D eigenvalue weighted by molar-refractivity contribution is 5.87. The summed E-state index contributed by atoms with van der Waals surface area (Å²) in [4.78, 5) is 22.1. The van der Waals surface area contributed by atoms with E-state index in [1.165, 1.54) is 6.07 Å². The van der Waals surface area contributed by atoms with Crippen LogP contribution < -0.4 is 11.1 Å². The average Bonchev–Trinajstić information content (AvgIpc) is 2.33. The van der Waals surface area contributed by atoms with E-state index in [9.17, 15) is 14.9 Å². The van der Waals surface area contributed by atoms with Gasteiger partial charge in [-0.15, -0.1) is 0 Å². The molecule has 2 rings (SSSR count). The number of hydrogen-bond donors (Lipinski definition) is 2. The number of para-hydroxylation sites is 1. The van der Waals surface area contributed by atoms with Gasteiger partial charge in [-0.25, -0.2) is 0 Å². The van der Waals surface area contributed by atoms with Gasteiger partial charge in [-0.2, -0.15) is 0 Å². The first-order valence-electron chi connectivity index (χ1n) is 5.82. The van der Waals surface area contributed by atoms with Crippen LogP contribution in [0, 0.1) is 10.1 Å². The number of nitrogens with one attached hydrogen (secondary N) is 1. The van der Waals surface area contributed by atoms with Gasteiger partial charge in [0.25, 0.3) is 5.69 Å². The number of carbonyl (C=O) groups is 1. The Hall–Kier alpha value is -1.95. The Morgan fingerprint density at radius 1 is 1.44 bits per heavy atom. The zero-order valence-corrected chi connectivity index (χ0v) is 9.89. The first-order valence-corrected chi connectivity index (χ1v) is 5.82. The fraction of sp³-hybridized carbons (Fsp3) is 0.417. The van der Waals surface area contributed by atoms with Crippen LogP contribution >= 0.6 is 0 Å². The van der Waals surface area contributed by atoms with Crippen LogP contribution in [0.25, 0.3) is 0 Å². The van der Waals surface area contributed by atoms with E-state index < -0.39 is 10.5 Å². The second-order valence-electron chi connectivity index (χ2n) is 4.58. The van der Waals surface area contributed by atoms with E-state index in [0.717, 1.165) is 6.42 Å². The molecule has 0 atom stereocenters. The Morgan fingerprint density at radius 2 is 2.11 bits per heavy atom. The van der Waals surface area contributed by atoms with E-state index >= 15 is 0 Å². The summed E-state index contributed by atoms with van der Waals surface area (Å²) < 4.78 is 0. The van der Waals surface area contributed by atoms with Crippen molar-refractivity contribution < 1.29 is 9.72 Å². The van der Waals surface area contributed by atoms with Gasteiger partial charge >= 0.3 is 0 Å². The predicted octanol–water partition coefficient (Wildman–Crippen LogP) is 1.09. The summed E-state index contributed by atoms with van der Waals surface area (Å²) >= 11 is 0. The third-order valence-electron chi connectivity index (χ3n) is 3.33. The fourth-order valence-electron chi connectivity index (χ4n) is 1.97. The molecule has 1 aliphatic rings. The van der Waals surface area contributed by atoms with Crippen LogP contribution in [0.1, 0.15) is 24.8 Å². The van der Waals surface area contributed by atoms with Crippen molar-refractivity contribution >= 4 is 11.6 Å². The molecule has 0 spiro atoms. The number of carbonyl (C=O) groups excluding carboxylic acids is 1. The van der Waals surface area contributed by atoms with Crippen LogP contribution in [0.3, 0.4) is 0 Å². The minimum atomic E-state index is -0.774. The van der Waals surface area contributed by atoms with Crippen molar-refractivity contribution in [2.24, 2.45) is 5.73 Å². The number of rotatable bonds is 4. The van der Waals surface area contributed by atoms with Crippen molar-refractivity contribution in [1.29, 1.82) is 0 Å². The molecule has 1 aromatic rings. The second kappa shape index (κ2) is 4.73. The fourth-order valence-corrected chi connectivity index (χ4v) is 1.97. The lowest BCUT2D eigenvalue weighted by molar-refractivity contribution is -0.385. The molecular formula is C12H15N3O3. The smallest absolute Gasteiger partial charge is 0.274 e. The Morgan fingerprint density at radius 3 is 2.67 bits per heavy atom. The van der Waals surface area contributed by atoms with Gasteiger partial charge in [0.05, 0.1) is 10.5 Å². The zero-order valence-electron chi connectivity index (χ0n) is 9.89. The lowest BCUT2D eigenvalue weighted by Crippen LogP contribution is -2.58. The third kappa shape index (κ3) is 2.33. The van der Waals surface area contributed by atoms with Crippen molar-refractivity contribution in [3.63, 3.8) is 0 Å². The maximum atomic E-state index is 11.8. The third-order valence-corrected chi connectivity index (χ3v) is 3.33. The van der Waals surface area contributed by atoms with E-state index in [4.69, 9.17) is 5.73 Å². The molecule has 0 radical (unpaired) electrons. The van der Waals surface area contributed by atoms with E-state index in [1.54, 1.807) is 18.2 Å². The minimum Gasteiger partial charge on any atom is -0.350 e. The number of benzene rings is 1. The van der Waals surface area contributed by atoms with Crippen LogP contribution in [0.4, 0.5) is 5.69 Å². The summed E-state index contributed by atoms with van der Waals surface area (Å²) in [6, 6.07) is 6.35. The molecule has 18 heavy (non-hydrogen) atoms. The Balaban J connectivity index is 2.02. The highest BCUT2D eigenvalue weighted by atomic mass is 16.6. The van der Waals surface area contributed by atoms with Crippen molar-refractivity contribution in [2.75, 3.05) is 0 Å². The van der Waals surface area contributed by atoms with Gasteiger partial charge in [0.1, 0.15) is 0 Å². The monoisotopic (exact) mass is 249 g/mol. The molecule has 0 heterocycles. The maximum absolute atomic E-state index is 11.8. The molecule has 1 saturated carbocycles. The molecule has 6 heteroatoms. The molecule has 0 bridgehead atoms. The van der Waals surface area contributed by atoms with Crippen LogP contribution in [0.2, 0.25) is 0 Å². The summed E-state index contributed by atoms with van der Waals surface area (Å²) in [5.41, 5.74) is 5.58. The number of hydrogen-bond acceptors (Lipinski definition) is 4.